The van der Waals surface area contributed by atoms with Crippen LogP contribution in [-0.4, -0.2) is 63.0 Å². The van der Waals surface area contributed by atoms with Gasteiger partial charge in [0, 0.05) is 24.7 Å². The second-order valence-electron chi connectivity index (χ2n) is 9.79. The highest BCUT2D eigenvalue weighted by molar-refractivity contribution is 7.98. The first-order chi connectivity index (χ1) is 18.2. The Labute approximate surface area is 223 Å². The summed E-state index contributed by atoms with van der Waals surface area (Å²) in [5.41, 5.74) is 2.72. The summed E-state index contributed by atoms with van der Waals surface area (Å²) >= 11 is 1.33. The number of fused-ring (bicyclic) bond motifs is 2. The number of halogens is 1. The lowest BCUT2D eigenvalue weighted by molar-refractivity contribution is 0.0754. The van der Waals surface area contributed by atoms with E-state index in [2.05, 4.69) is 32.2 Å². The van der Waals surface area contributed by atoms with Crippen molar-refractivity contribution in [1.29, 1.82) is 0 Å². The van der Waals surface area contributed by atoms with E-state index >= 15 is 0 Å². The Hall–Kier alpha value is -3.48. The summed E-state index contributed by atoms with van der Waals surface area (Å²) in [5.74, 6) is 3.67. The Morgan fingerprint density at radius 2 is 2.05 bits per heavy atom. The van der Waals surface area contributed by atoms with Crippen molar-refractivity contribution in [3.63, 3.8) is 0 Å². The molecule has 0 radical (unpaired) electrons. The molecule has 1 unspecified atom stereocenters. The van der Waals surface area contributed by atoms with Gasteiger partial charge in [-0.1, -0.05) is 5.57 Å². The van der Waals surface area contributed by atoms with E-state index in [1.165, 1.54) is 34.5 Å². The first-order valence-electron chi connectivity index (χ1n) is 12.1. The van der Waals surface area contributed by atoms with Crippen molar-refractivity contribution in [3.8, 4) is 5.69 Å². The van der Waals surface area contributed by atoms with Crippen molar-refractivity contribution < 1.29 is 13.4 Å². The number of hydrogen-bond acceptors (Lipinski definition) is 7. The number of thiazole rings is 1. The maximum absolute atomic E-state index is 14.1. The lowest BCUT2D eigenvalue weighted by Crippen LogP contribution is -2.49. The highest BCUT2D eigenvalue weighted by Crippen LogP contribution is 2.51. The van der Waals surface area contributed by atoms with Crippen LogP contribution in [0.4, 0.5) is 4.39 Å². The quantitative estimate of drug-likeness (QED) is 0.268. The van der Waals surface area contributed by atoms with E-state index in [1.807, 2.05) is 0 Å². The van der Waals surface area contributed by atoms with Gasteiger partial charge in [-0.2, -0.15) is 15.0 Å². The Kier molecular flexibility index (Phi) is 5.93. The van der Waals surface area contributed by atoms with Crippen molar-refractivity contribution >= 4 is 38.8 Å². The predicted molar refractivity (Wildman–Crippen MR) is 144 cm³/mol. The number of aryl methyl sites for hydroxylation is 1. The molecule has 0 saturated heterocycles. The molecule has 3 aromatic heterocycles. The fraction of sp³-hybridized carbons (Fsp3) is 0.308. The van der Waals surface area contributed by atoms with Gasteiger partial charge in [0.1, 0.15) is 5.82 Å². The van der Waals surface area contributed by atoms with Gasteiger partial charge in [-0.15, -0.1) is 16.4 Å². The first-order valence-corrected chi connectivity index (χ1v) is 14.7. The highest BCUT2D eigenvalue weighted by atomic mass is 32.2. The van der Waals surface area contributed by atoms with Crippen molar-refractivity contribution in [1.82, 2.24) is 34.1 Å². The number of allylic oxidation sites excluding steroid dienone is 1. The number of ketones is 1. The van der Waals surface area contributed by atoms with Gasteiger partial charge < -0.3 is 0 Å². The summed E-state index contributed by atoms with van der Waals surface area (Å²) in [4.78, 5) is 19.9. The van der Waals surface area contributed by atoms with Crippen molar-refractivity contribution in [2.24, 2.45) is 12.5 Å². The third-order valence-electron chi connectivity index (χ3n) is 7.65. The molecule has 0 bridgehead atoms. The monoisotopic (exact) mass is 551 g/mol. The topological polar surface area (TPSA) is 98.8 Å². The number of Topliss-reactive ketones (excluding diaryl/α,β-unsaturated/α-hetero) is 1. The summed E-state index contributed by atoms with van der Waals surface area (Å²) in [6.07, 6.45) is 9.19. The molecule has 9 nitrogen and oxygen atoms in total. The molecule has 2 aliphatic carbocycles. The summed E-state index contributed by atoms with van der Waals surface area (Å²) < 4.78 is 30.9. The largest absolute Gasteiger partial charge is 0.290 e. The summed E-state index contributed by atoms with van der Waals surface area (Å²) in [6, 6.07) is 6.00. The zero-order chi connectivity index (χ0) is 26.7. The molecule has 2 aliphatic rings. The normalized spacial score (nSPS) is 22.4. The molecule has 12 heteroatoms. The molecule has 3 atom stereocenters. The molecule has 196 valence electrons. The molecule has 0 aliphatic heterocycles. The van der Waals surface area contributed by atoms with Gasteiger partial charge in [-0.3, -0.25) is 4.79 Å². The van der Waals surface area contributed by atoms with Crippen LogP contribution in [0.15, 0.2) is 58.8 Å². The summed E-state index contributed by atoms with van der Waals surface area (Å²) in [6.45, 7) is 0. The van der Waals surface area contributed by atoms with Crippen LogP contribution in [0.3, 0.4) is 0 Å². The number of benzene rings is 1. The van der Waals surface area contributed by atoms with Crippen LogP contribution in [0.5, 0.6) is 0 Å². The average molecular weight is 552 g/mol. The molecule has 6 rings (SSSR count). The molecule has 1 fully saturated rings. The number of hydrogen-bond donors (Lipinski definition) is 0. The molecule has 0 amide bonds. The molecule has 1 aromatic carbocycles. The van der Waals surface area contributed by atoms with Crippen LogP contribution >= 0.6 is 11.3 Å². The molecule has 3 heterocycles. The Morgan fingerprint density at radius 1 is 1.26 bits per heavy atom. The number of nitrogens with zero attached hydrogens (tertiary/aromatic N) is 7. The predicted octanol–water partition coefficient (Wildman–Crippen LogP) is 3.58. The summed E-state index contributed by atoms with van der Waals surface area (Å²) in [7, 11) is 0.544. The zero-order valence-corrected chi connectivity index (χ0v) is 22.6. The van der Waals surface area contributed by atoms with E-state index in [1.54, 1.807) is 53.0 Å². The van der Waals surface area contributed by atoms with E-state index in [4.69, 9.17) is 0 Å². The maximum Gasteiger partial charge on any atom is 0.201 e. The third-order valence-corrected chi connectivity index (χ3v) is 10.5. The Bertz CT molecular complexity index is 1660. The van der Waals surface area contributed by atoms with Crippen molar-refractivity contribution in [2.75, 3.05) is 7.05 Å². The fourth-order valence-electron chi connectivity index (χ4n) is 5.58. The van der Waals surface area contributed by atoms with Crippen molar-refractivity contribution in [2.45, 2.75) is 36.8 Å². The smallest absolute Gasteiger partial charge is 0.201 e. The molecular formula is C26H26FN7O2S2. The van der Waals surface area contributed by atoms with Crippen molar-refractivity contribution in [3.05, 3.63) is 75.9 Å². The molecular weight excluding hydrogens is 525 g/mol. The van der Waals surface area contributed by atoms with E-state index in [0.29, 0.717) is 35.7 Å². The molecule has 0 spiro atoms. The van der Waals surface area contributed by atoms with E-state index in [-0.39, 0.29) is 17.6 Å². The SMILES string of the molecule is C=S(=O)(c1cnn(C)n1)N(C)[C@H]1CCC2=Cc3c(cnn3-c3ccc(F)cc3)C[C@]2(C(=O)c2nccs2)C1. The number of rotatable bonds is 6. The van der Waals surface area contributed by atoms with Crippen LogP contribution in [0, 0.1) is 11.2 Å². The maximum atomic E-state index is 14.1. The summed E-state index contributed by atoms with van der Waals surface area (Å²) in [5, 5.41) is 15.5. The van der Waals surface area contributed by atoms with E-state index < -0.39 is 15.1 Å². The van der Waals surface area contributed by atoms with Crippen LogP contribution < -0.4 is 0 Å². The van der Waals surface area contributed by atoms with Gasteiger partial charge in [0.25, 0.3) is 0 Å². The van der Waals surface area contributed by atoms with E-state index in [9.17, 15) is 13.4 Å². The number of carbonyl (C=O) groups is 1. The number of carbonyl (C=O) groups excluding carboxylic acids is 1. The van der Waals surface area contributed by atoms with Gasteiger partial charge in [0.05, 0.1) is 38.9 Å². The fourth-order valence-corrected chi connectivity index (χ4v) is 7.67. The van der Waals surface area contributed by atoms with Crippen LogP contribution in [-0.2, 0) is 23.2 Å². The van der Waals surface area contributed by atoms with Crippen LogP contribution in [0.2, 0.25) is 0 Å². The zero-order valence-electron chi connectivity index (χ0n) is 21.0. The first kappa shape index (κ1) is 24.8. The highest BCUT2D eigenvalue weighted by Gasteiger charge is 2.51. The average Bonchev–Trinajstić information content (AvgIpc) is 3.68. The standard InChI is InChI=1S/C26H26FN7O2S2/c1-32(38(3,36)23-16-29-33(2)31-23)21-7-4-18-12-22-17(15-30-34(22)20-8-5-19(27)6-9-20)13-26(18,14-21)24(35)25-28-10-11-37-25/h5-6,8-12,15-16,21H,3-4,7,13-14H2,1-2H3/t21-,26-,38?/m0/s1. The Balaban J connectivity index is 1.40. The minimum Gasteiger partial charge on any atom is -0.290 e. The Morgan fingerprint density at radius 3 is 2.74 bits per heavy atom. The lowest BCUT2D eigenvalue weighted by atomic mass is 9.61. The van der Waals surface area contributed by atoms with Crippen LogP contribution in [0.25, 0.3) is 11.8 Å². The van der Waals surface area contributed by atoms with Crippen LogP contribution in [0.1, 0.15) is 40.3 Å². The van der Waals surface area contributed by atoms with Gasteiger partial charge in [0.15, 0.2) is 10.0 Å². The second kappa shape index (κ2) is 9.07. The molecule has 38 heavy (non-hydrogen) atoms. The number of aromatic nitrogens is 6. The van der Waals surface area contributed by atoms with E-state index in [0.717, 1.165) is 22.5 Å². The van der Waals surface area contributed by atoms with Gasteiger partial charge in [0.2, 0.25) is 5.78 Å². The minimum absolute atomic E-state index is 0.0351. The molecule has 0 N–H and O–H groups in total. The van der Waals surface area contributed by atoms with Gasteiger partial charge >= 0.3 is 0 Å². The van der Waals surface area contributed by atoms with Gasteiger partial charge in [-0.25, -0.2) is 22.6 Å². The lowest BCUT2D eigenvalue weighted by Gasteiger charge is -2.46. The second-order valence-corrected chi connectivity index (χ2v) is 13.0. The third kappa shape index (κ3) is 3.94. The van der Waals surface area contributed by atoms with Gasteiger partial charge in [-0.05, 0) is 74.5 Å². The molecule has 1 saturated carbocycles. The minimum atomic E-state index is -2.91. The molecule has 4 aromatic rings.